The van der Waals surface area contributed by atoms with Crippen LogP contribution >= 0.6 is 15.9 Å². The first-order valence-corrected chi connectivity index (χ1v) is 4.52. The summed E-state index contributed by atoms with van der Waals surface area (Å²) < 4.78 is 26.1. The molecule has 1 aliphatic carbocycles. The van der Waals surface area contributed by atoms with E-state index in [1.54, 1.807) is 24.3 Å². The first kappa shape index (κ1) is 8.17. The van der Waals surface area contributed by atoms with Gasteiger partial charge in [-0.2, -0.15) is 0 Å². The molecule has 64 valence electrons. The number of hydrogen-bond acceptors (Lipinski definition) is 0. The van der Waals surface area contributed by atoms with Crippen molar-refractivity contribution in [3.05, 3.63) is 34.3 Å². The zero-order chi connectivity index (χ0) is 8.77. The van der Waals surface area contributed by atoms with Crippen molar-refractivity contribution < 1.29 is 8.78 Å². The van der Waals surface area contributed by atoms with Gasteiger partial charge in [-0.1, -0.05) is 28.1 Å². The summed E-state index contributed by atoms with van der Waals surface area (Å²) in [6, 6.07) is 7.08. The molecule has 1 unspecified atom stereocenters. The average Bonchev–Trinajstić information content (AvgIpc) is 2.61. The lowest BCUT2D eigenvalue weighted by Crippen LogP contribution is -1.91. The normalized spacial score (nSPS) is 25.4. The topological polar surface area (TPSA) is 0 Å². The first-order chi connectivity index (χ1) is 5.59. The fourth-order valence-electron chi connectivity index (χ4n) is 1.27. The van der Waals surface area contributed by atoms with Crippen molar-refractivity contribution in [3.8, 4) is 0 Å². The molecule has 0 aromatic heterocycles. The van der Waals surface area contributed by atoms with Crippen molar-refractivity contribution in [1.82, 2.24) is 0 Å². The molecule has 2 rings (SSSR count). The third-order valence-corrected chi connectivity index (χ3v) is 2.63. The van der Waals surface area contributed by atoms with Gasteiger partial charge in [0, 0.05) is 10.9 Å². The van der Waals surface area contributed by atoms with E-state index in [2.05, 4.69) is 15.9 Å². The highest BCUT2D eigenvalue weighted by atomic mass is 79.9. The Morgan fingerprint density at radius 3 is 2.17 bits per heavy atom. The van der Waals surface area contributed by atoms with Crippen molar-refractivity contribution in [2.24, 2.45) is 0 Å². The van der Waals surface area contributed by atoms with E-state index >= 15 is 0 Å². The second kappa shape index (κ2) is 2.52. The van der Waals surface area contributed by atoms with E-state index in [9.17, 15) is 8.78 Å². The van der Waals surface area contributed by atoms with Crippen LogP contribution in [-0.4, -0.2) is 5.92 Å². The Morgan fingerprint density at radius 2 is 1.75 bits per heavy atom. The Hall–Kier alpha value is -0.440. The summed E-state index contributed by atoms with van der Waals surface area (Å²) in [5.74, 6) is -2.99. The molecule has 0 radical (unpaired) electrons. The summed E-state index contributed by atoms with van der Waals surface area (Å²) in [4.78, 5) is 0. The maximum atomic E-state index is 12.6. The maximum Gasteiger partial charge on any atom is 0.255 e. The van der Waals surface area contributed by atoms with E-state index in [1.165, 1.54) is 0 Å². The van der Waals surface area contributed by atoms with Crippen LogP contribution in [0.2, 0.25) is 0 Å². The molecule has 0 bridgehead atoms. The van der Waals surface area contributed by atoms with Crippen molar-refractivity contribution in [2.45, 2.75) is 18.3 Å². The molecule has 1 aromatic carbocycles. The second-order valence-electron chi connectivity index (χ2n) is 3.07. The zero-order valence-corrected chi connectivity index (χ0v) is 7.81. The molecule has 1 aliphatic rings. The van der Waals surface area contributed by atoms with E-state index in [0.29, 0.717) is 0 Å². The minimum atomic E-state index is -2.45. The summed E-state index contributed by atoms with van der Waals surface area (Å²) in [7, 11) is 0. The van der Waals surface area contributed by atoms with Gasteiger partial charge in [-0.15, -0.1) is 0 Å². The molecule has 0 spiro atoms. The van der Waals surface area contributed by atoms with Crippen molar-refractivity contribution in [3.63, 3.8) is 0 Å². The fourth-order valence-corrected chi connectivity index (χ4v) is 1.53. The van der Waals surface area contributed by atoms with Crippen molar-refractivity contribution >= 4 is 15.9 Å². The van der Waals surface area contributed by atoms with Crippen LogP contribution in [0.4, 0.5) is 8.78 Å². The van der Waals surface area contributed by atoms with Crippen molar-refractivity contribution in [2.75, 3.05) is 0 Å². The highest BCUT2D eigenvalue weighted by Crippen LogP contribution is 2.55. The largest absolute Gasteiger partial charge is 0.255 e. The number of halogens is 3. The van der Waals surface area contributed by atoms with Crippen LogP contribution in [0.3, 0.4) is 0 Å². The van der Waals surface area contributed by atoms with Gasteiger partial charge < -0.3 is 0 Å². The van der Waals surface area contributed by atoms with E-state index in [0.717, 1.165) is 10.0 Å². The minimum absolute atomic E-state index is 0.00856. The monoisotopic (exact) mass is 232 g/mol. The molecule has 0 N–H and O–H groups in total. The fraction of sp³-hybridized carbons (Fsp3) is 0.333. The highest BCUT2D eigenvalue weighted by molar-refractivity contribution is 9.10. The van der Waals surface area contributed by atoms with Gasteiger partial charge in [-0.05, 0) is 17.7 Å². The van der Waals surface area contributed by atoms with Gasteiger partial charge >= 0.3 is 0 Å². The number of benzene rings is 1. The van der Waals surface area contributed by atoms with E-state index in [4.69, 9.17) is 0 Å². The van der Waals surface area contributed by atoms with E-state index < -0.39 is 11.8 Å². The molecule has 0 nitrogen and oxygen atoms in total. The molecule has 0 aliphatic heterocycles. The maximum absolute atomic E-state index is 12.6. The molecule has 3 heteroatoms. The van der Waals surface area contributed by atoms with Crippen LogP contribution in [0, 0.1) is 0 Å². The summed E-state index contributed by atoms with van der Waals surface area (Å²) in [6.07, 6.45) is 0.00856. The Labute approximate surface area is 77.7 Å². The molecule has 1 saturated carbocycles. The van der Waals surface area contributed by atoms with E-state index in [-0.39, 0.29) is 6.42 Å². The van der Waals surface area contributed by atoms with Gasteiger partial charge in [-0.25, -0.2) is 8.78 Å². The summed E-state index contributed by atoms with van der Waals surface area (Å²) in [5, 5.41) is 0. The summed E-state index contributed by atoms with van der Waals surface area (Å²) in [6.45, 7) is 0. The molecular formula is C9H7BrF2. The lowest BCUT2D eigenvalue weighted by atomic mass is 10.1. The number of alkyl halides is 2. The van der Waals surface area contributed by atoms with Gasteiger partial charge in [-0.3, -0.25) is 0 Å². The Balaban J connectivity index is 2.21. The average molecular weight is 233 g/mol. The van der Waals surface area contributed by atoms with Gasteiger partial charge in [0.25, 0.3) is 5.92 Å². The molecule has 1 atom stereocenters. The highest BCUT2D eigenvalue weighted by Gasteiger charge is 2.57. The van der Waals surface area contributed by atoms with Gasteiger partial charge in [0.1, 0.15) is 0 Å². The Bertz CT molecular complexity index is 292. The van der Waals surface area contributed by atoms with Crippen LogP contribution in [0.25, 0.3) is 0 Å². The van der Waals surface area contributed by atoms with Gasteiger partial charge in [0.2, 0.25) is 0 Å². The molecule has 0 saturated heterocycles. The SMILES string of the molecule is FC1(F)CC1c1ccc(Br)cc1. The summed E-state index contributed by atoms with van der Waals surface area (Å²) in [5.41, 5.74) is 0.739. The Kier molecular flexibility index (Phi) is 1.72. The predicted octanol–water partition coefficient (Wildman–Crippen LogP) is 3.57. The van der Waals surface area contributed by atoms with Gasteiger partial charge in [0.05, 0.1) is 5.92 Å². The molecule has 1 fully saturated rings. The van der Waals surface area contributed by atoms with Gasteiger partial charge in [0.15, 0.2) is 0 Å². The third-order valence-electron chi connectivity index (χ3n) is 2.10. The number of hydrogen-bond donors (Lipinski definition) is 0. The smallest absolute Gasteiger partial charge is 0.206 e. The zero-order valence-electron chi connectivity index (χ0n) is 6.23. The van der Waals surface area contributed by atoms with E-state index in [1.807, 2.05) is 0 Å². The van der Waals surface area contributed by atoms with Crippen LogP contribution in [-0.2, 0) is 0 Å². The lowest BCUT2D eigenvalue weighted by Gasteiger charge is -1.98. The standard InChI is InChI=1S/C9H7BrF2/c10-7-3-1-6(2-4-7)8-5-9(8,11)12/h1-4,8H,5H2. The van der Waals surface area contributed by atoms with Crippen molar-refractivity contribution in [1.29, 1.82) is 0 Å². The number of rotatable bonds is 1. The van der Waals surface area contributed by atoms with Crippen LogP contribution in [0.5, 0.6) is 0 Å². The second-order valence-corrected chi connectivity index (χ2v) is 3.98. The van der Waals surface area contributed by atoms with Crippen LogP contribution in [0.1, 0.15) is 17.9 Å². The Morgan fingerprint density at radius 1 is 1.25 bits per heavy atom. The molecule has 1 aromatic rings. The lowest BCUT2D eigenvalue weighted by molar-refractivity contribution is 0.112. The molecule has 0 amide bonds. The molecule has 0 heterocycles. The quantitative estimate of drug-likeness (QED) is 0.695. The summed E-state index contributed by atoms with van der Waals surface area (Å²) >= 11 is 3.26. The molecule has 12 heavy (non-hydrogen) atoms. The van der Waals surface area contributed by atoms with Crippen LogP contribution in [0.15, 0.2) is 28.7 Å². The predicted molar refractivity (Wildman–Crippen MR) is 46.4 cm³/mol. The first-order valence-electron chi connectivity index (χ1n) is 3.73. The minimum Gasteiger partial charge on any atom is -0.206 e. The molecular weight excluding hydrogens is 226 g/mol. The third kappa shape index (κ3) is 1.38. The van der Waals surface area contributed by atoms with Crippen LogP contribution < -0.4 is 0 Å².